The highest BCUT2D eigenvalue weighted by molar-refractivity contribution is 5.89. The molecule has 0 aliphatic rings. The molecule has 6 heteroatoms. The van der Waals surface area contributed by atoms with Crippen LogP contribution in [0, 0.1) is 0 Å². The Kier molecular flexibility index (Phi) is 4.84. The van der Waals surface area contributed by atoms with Gasteiger partial charge in [0.2, 0.25) is 0 Å². The number of hydrogen-bond acceptors (Lipinski definition) is 4. The van der Waals surface area contributed by atoms with Gasteiger partial charge in [-0.05, 0) is 23.3 Å². The highest BCUT2D eigenvalue weighted by Crippen LogP contribution is 2.41. The van der Waals surface area contributed by atoms with E-state index in [2.05, 4.69) is 9.97 Å². The molecular weight excluding hydrogens is 368 g/mol. The molecule has 0 saturated heterocycles. The van der Waals surface area contributed by atoms with Crippen LogP contribution in [0.3, 0.4) is 0 Å². The third-order valence-corrected chi connectivity index (χ3v) is 5.25. The van der Waals surface area contributed by atoms with Gasteiger partial charge in [-0.1, -0.05) is 36.4 Å². The maximum atomic E-state index is 11.7. The van der Waals surface area contributed by atoms with Crippen molar-refractivity contribution in [1.29, 1.82) is 0 Å². The molecule has 148 valence electrons. The minimum atomic E-state index is -0.878. The standard InChI is InChI=1S/C23H22N2O4/c1-15(26)28-13-23(14-29-16(2)27,19-11-24-21-9-5-3-7-17(19)21)20-12-25-22-10-6-4-8-18(20)22/h3-12,24-25H,13-14H2,1-2H3. The molecule has 2 aromatic heterocycles. The molecule has 0 amide bonds. The Morgan fingerprint density at radius 2 is 1.17 bits per heavy atom. The summed E-state index contributed by atoms with van der Waals surface area (Å²) in [5.41, 5.74) is 2.84. The van der Waals surface area contributed by atoms with Gasteiger partial charge < -0.3 is 19.4 Å². The van der Waals surface area contributed by atoms with Gasteiger partial charge in [0.1, 0.15) is 13.2 Å². The maximum Gasteiger partial charge on any atom is 0.302 e. The number of para-hydroxylation sites is 2. The highest BCUT2D eigenvalue weighted by atomic mass is 16.5. The first-order chi connectivity index (χ1) is 14.0. The molecule has 2 aromatic carbocycles. The molecule has 6 nitrogen and oxygen atoms in total. The average molecular weight is 390 g/mol. The number of H-pyrrole nitrogens is 2. The van der Waals surface area contributed by atoms with E-state index in [0.717, 1.165) is 32.9 Å². The number of rotatable bonds is 6. The molecule has 2 N–H and O–H groups in total. The van der Waals surface area contributed by atoms with E-state index in [1.54, 1.807) is 0 Å². The van der Waals surface area contributed by atoms with Gasteiger partial charge in [-0.2, -0.15) is 0 Å². The largest absolute Gasteiger partial charge is 0.464 e. The second-order valence-corrected chi connectivity index (χ2v) is 7.14. The van der Waals surface area contributed by atoms with E-state index in [1.165, 1.54) is 13.8 Å². The Labute approximate surface area is 167 Å². The third kappa shape index (κ3) is 3.38. The van der Waals surface area contributed by atoms with Gasteiger partial charge in [0, 0.05) is 48.0 Å². The molecular formula is C23H22N2O4. The summed E-state index contributed by atoms with van der Waals surface area (Å²) in [7, 11) is 0. The summed E-state index contributed by atoms with van der Waals surface area (Å²) in [5, 5.41) is 1.97. The van der Waals surface area contributed by atoms with Crippen LogP contribution in [-0.2, 0) is 24.5 Å². The van der Waals surface area contributed by atoms with E-state index in [4.69, 9.17) is 9.47 Å². The zero-order chi connectivity index (χ0) is 20.4. The van der Waals surface area contributed by atoms with E-state index in [-0.39, 0.29) is 13.2 Å². The topological polar surface area (TPSA) is 84.2 Å². The predicted molar refractivity (Wildman–Crippen MR) is 111 cm³/mol. The zero-order valence-electron chi connectivity index (χ0n) is 16.3. The Hall–Kier alpha value is -3.54. The van der Waals surface area contributed by atoms with Gasteiger partial charge in [0.25, 0.3) is 0 Å². The van der Waals surface area contributed by atoms with Crippen LogP contribution in [-0.4, -0.2) is 35.1 Å². The van der Waals surface area contributed by atoms with E-state index in [9.17, 15) is 9.59 Å². The number of hydrogen-bond donors (Lipinski definition) is 2. The van der Waals surface area contributed by atoms with E-state index >= 15 is 0 Å². The zero-order valence-corrected chi connectivity index (χ0v) is 16.3. The van der Waals surface area contributed by atoms with Crippen LogP contribution in [0.1, 0.15) is 25.0 Å². The Morgan fingerprint density at radius 1 is 0.759 bits per heavy atom. The van der Waals surface area contributed by atoms with Gasteiger partial charge in [0.05, 0.1) is 5.41 Å². The molecule has 4 rings (SSSR count). The molecule has 0 saturated carbocycles. The van der Waals surface area contributed by atoms with Crippen molar-refractivity contribution < 1.29 is 19.1 Å². The lowest BCUT2D eigenvalue weighted by atomic mass is 9.75. The minimum absolute atomic E-state index is 0.0410. The summed E-state index contributed by atoms with van der Waals surface area (Å²) < 4.78 is 11.1. The SMILES string of the molecule is CC(=O)OCC(COC(C)=O)(c1c[nH]c2ccccc12)c1c[nH]c2ccccc12. The fourth-order valence-electron chi connectivity index (χ4n) is 3.88. The first-order valence-electron chi connectivity index (χ1n) is 9.41. The van der Waals surface area contributed by atoms with Crippen molar-refractivity contribution in [2.24, 2.45) is 0 Å². The molecule has 0 aliphatic carbocycles. The highest BCUT2D eigenvalue weighted by Gasteiger charge is 2.41. The second kappa shape index (κ2) is 7.47. The molecule has 4 aromatic rings. The average Bonchev–Trinajstić information content (AvgIpc) is 3.33. The Balaban J connectivity index is 1.99. The van der Waals surface area contributed by atoms with Crippen LogP contribution in [0.25, 0.3) is 21.8 Å². The van der Waals surface area contributed by atoms with Crippen molar-refractivity contribution in [1.82, 2.24) is 9.97 Å². The molecule has 2 heterocycles. The van der Waals surface area contributed by atoms with Crippen LogP contribution in [0.4, 0.5) is 0 Å². The number of carbonyl (C=O) groups is 2. The van der Waals surface area contributed by atoms with Gasteiger partial charge >= 0.3 is 11.9 Å². The number of nitrogens with one attached hydrogen (secondary N) is 2. The summed E-state index contributed by atoms with van der Waals surface area (Å²) in [6.07, 6.45) is 3.80. The quantitative estimate of drug-likeness (QED) is 0.486. The fourth-order valence-corrected chi connectivity index (χ4v) is 3.88. The molecule has 0 spiro atoms. The fraction of sp³-hybridized carbons (Fsp3) is 0.217. The third-order valence-electron chi connectivity index (χ3n) is 5.25. The summed E-state index contributed by atoms with van der Waals surface area (Å²) in [5.74, 6) is -0.784. The summed E-state index contributed by atoms with van der Waals surface area (Å²) >= 11 is 0. The van der Waals surface area contributed by atoms with Crippen molar-refractivity contribution >= 4 is 33.7 Å². The van der Waals surface area contributed by atoms with Gasteiger partial charge in [0.15, 0.2) is 0 Å². The van der Waals surface area contributed by atoms with Crippen LogP contribution >= 0.6 is 0 Å². The minimum Gasteiger partial charge on any atom is -0.464 e. The first-order valence-corrected chi connectivity index (χ1v) is 9.41. The van der Waals surface area contributed by atoms with Gasteiger partial charge in [-0.15, -0.1) is 0 Å². The molecule has 0 radical (unpaired) electrons. The number of aromatic amines is 2. The van der Waals surface area contributed by atoms with Crippen LogP contribution in [0.5, 0.6) is 0 Å². The van der Waals surface area contributed by atoms with Crippen LogP contribution in [0.2, 0.25) is 0 Å². The molecule has 29 heavy (non-hydrogen) atoms. The van der Waals surface area contributed by atoms with Crippen molar-refractivity contribution in [3.8, 4) is 0 Å². The van der Waals surface area contributed by atoms with Crippen LogP contribution in [0.15, 0.2) is 60.9 Å². The van der Waals surface area contributed by atoms with Crippen molar-refractivity contribution in [3.05, 3.63) is 72.1 Å². The lowest BCUT2D eigenvalue weighted by molar-refractivity contribution is -0.146. The summed E-state index contributed by atoms with van der Waals surface area (Å²) in [6.45, 7) is 2.83. The van der Waals surface area contributed by atoms with Gasteiger partial charge in [-0.25, -0.2) is 0 Å². The van der Waals surface area contributed by atoms with Crippen molar-refractivity contribution in [2.45, 2.75) is 19.3 Å². The number of fused-ring (bicyclic) bond motifs is 2. The van der Waals surface area contributed by atoms with Crippen LogP contribution < -0.4 is 0 Å². The maximum absolute atomic E-state index is 11.7. The molecule has 0 fully saturated rings. The van der Waals surface area contributed by atoms with E-state index < -0.39 is 17.4 Å². The van der Waals surface area contributed by atoms with Crippen molar-refractivity contribution in [3.63, 3.8) is 0 Å². The second-order valence-electron chi connectivity index (χ2n) is 7.14. The van der Waals surface area contributed by atoms with E-state index in [0.29, 0.717) is 0 Å². The first kappa shape index (κ1) is 18.8. The summed E-state index contributed by atoms with van der Waals surface area (Å²) in [4.78, 5) is 30.1. The predicted octanol–water partition coefficient (Wildman–Crippen LogP) is 4.06. The monoisotopic (exact) mass is 390 g/mol. The molecule has 0 unspecified atom stereocenters. The number of carbonyl (C=O) groups excluding carboxylic acids is 2. The number of aromatic nitrogens is 2. The smallest absolute Gasteiger partial charge is 0.302 e. The molecule has 0 atom stereocenters. The number of esters is 2. The molecule has 0 bridgehead atoms. The Morgan fingerprint density at radius 3 is 1.59 bits per heavy atom. The lowest BCUT2D eigenvalue weighted by Crippen LogP contribution is -2.39. The normalized spacial score (nSPS) is 11.7. The van der Waals surface area contributed by atoms with Gasteiger partial charge in [-0.3, -0.25) is 9.59 Å². The summed E-state index contributed by atoms with van der Waals surface area (Å²) in [6, 6.07) is 15.8. The lowest BCUT2D eigenvalue weighted by Gasteiger charge is -2.32. The number of ether oxygens (including phenoxy) is 2. The van der Waals surface area contributed by atoms with Crippen molar-refractivity contribution in [2.75, 3.05) is 13.2 Å². The number of benzene rings is 2. The van der Waals surface area contributed by atoms with E-state index in [1.807, 2.05) is 60.9 Å². The Bertz CT molecular complexity index is 1090. The molecule has 0 aliphatic heterocycles.